The number of alkyl halides is 3. The second kappa shape index (κ2) is 12.2. The summed E-state index contributed by atoms with van der Waals surface area (Å²) in [5.41, 5.74) is 3.21. The number of benzene rings is 3. The number of rotatable bonds is 10. The summed E-state index contributed by atoms with van der Waals surface area (Å²) in [5.74, 6) is 0.506. The molecule has 33 heavy (non-hydrogen) atoms. The Hall–Kier alpha value is -2.40. The number of carbonyl (C=O) groups excluding carboxylic acids is 1. The number of halogens is 3. The van der Waals surface area contributed by atoms with Crippen LogP contribution in [-0.4, -0.2) is 22.5 Å². The van der Waals surface area contributed by atoms with Gasteiger partial charge in [-0.1, -0.05) is 97.0 Å². The minimum absolute atomic E-state index is 0.350. The number of anilines is 1. The lowest BCUT2D eigenvalue weighted by atomic mass is 10.0. The molecule has 0 spiro atoms. The minimum Gasteiger partial charge on any atom is -0.494 e. The van der Waals surface area contributed by atoms with E-state index in [4.69, 9.17) is 39.5 Å². The molecule has 3 rings (SSSR count). The van der Waals surface area contributed by atoms with Crippen LogP contribution in [0.4, 0.5) is 5.69 Å². The third-order valence-electron chi connectivity index (χ3n) is 5.04. The van der Waals surface area contributed by atoms with Crippen LogP contribution in [-0.2, 0) is 0 Å². The Morgan fingerprint density at radius 1 is 0.879 bits per heavy atom. The molecular formula is C26H27Cl3N2O2. The summed E-state index contributed by atoms with van der Waals surface area (Å²) in [7, 11) is 0. The molecule has 174 valence electrons. The lowest BCUT2D eigenvalue weighted by molar-refractivity contribution is 0.0942. The fraction of sp³-hybridized carbons (Fsp3) is 0.269. The Morgan fingerprint density at radius 2 is 1.48 bits per heavy atom. The van der Waals surface area contributed by atoms with E-state index in [1.807, 2.05) is 66.7 Å². The van der Waals surface area contributed by atoms with Gasteiger partial charge in [-0.2, -0.15) is 0 Å². The van der Waals surface area contributed by atoms with Gasteiger partial charge in [0.25, 0.3) is 5.91 Å². The van der Waals surface area contributed by atoms with Crippen molar-refractivity contribution < 1.29 is 9.53 Å². The maximum absolute atomic E-state index is 12.8. The van der Waals surface area contributed by atoms with E-state index in [9.17, 15) is 4.79 Å². The maximum atomic E-state index is 12.8. The molecule has 0 aromatic heterocycles. The summed E-state index contributed by atoms with van der Waals surface area (Å²) >= 11 is 18.3. The topological polar surface area (TPSA) is 50.4 Å². The molecule has 1 amide bonds. The Bertz CT molecular complexity index is 1000. The third-order valence-corrected chi connectivity index (χ3v) is 5.69. The van der Waals surface area contributed by atoms with Crippen molar-refractivity contribution in [2.24, 2.45) is 0 Å². The summed E-state index contributed by atoms with van der Waals surface area (Å²) in [5, 5.41) is 5.80. The van der Waals surface area contributed by atoms with E-state index < -0.39 is 9.96 Å². The predicted molar refractivity (Wildman–Crippen MR) is 139 cm³/mol. The third kappa shape index (κ3) is 7.85. The first kappa shape index (κ1) is 25.2. The molecule has 7 heteroatoms. The van der Waals surface area contributed by atoms with Gasteiger partial charge >= 0.3 is 0 Å². The lowest BCUT2D eigenvalue weighted by Gasteiger charge is -2.27. The summed E-state index contributed by atoms with van der Waals surface area (Å²) in [6, 6.07) is 24.4. The van der Waals surface area contributed by atoms with Crippen LogP contribution in [0.2, 0.25) is 0 Å². The highest BCUT2D eigenvalue weighted by atomic mass is 35.6. The molecule has 2 N–H and O–H groups in total. The zero-order valence-electron chi connectivity index (χ0n) is 18.4. The summed E-state index contributed by atoms with van der Waals surface area (Å²) in [4.78, 5) is 12.8. The molecule has 0 radical (unpaired) electrons. The van der Waals surface area contributed by atoms with Crippen LogP contribution in [0.25, 0.3) is 11.1 Å². The predicted octanol–water partition coefficient (Wildman–Crippen LogP) is 7.46. The van der Waals surface area contributed by atoms with Gasteiger partial charge in [-0.15, -0.1) is 0 Å². The molecule has 0 fully saturated rings. The van der Waals surface area contributed by atoms with Crippen molar-refractivity contribution in [3.05, 3.63) is 84.4 Å². The average Bonchev–Trinajstić information content (AvgIpc) is 2.82. The molecular weight excluding hydrogens is 479 g/mol. The van der Waals surface area contributed by atoms with E-state index in [-0.39, 0.29) is 5.91 Å². The van der Waals surface area contributed by atoms with E-state index in [0.29, 0.717) is 5.56 Å². The monoisotopic (exact) mass is 504 g/mol. The molecule has 1 atom stereocenters. The number of hydrogen-bond acceptors (Lipinski definition) is 3. The number of unbranched alkanes of at least 4 members (excludes halogenated alkanes) is 2. The number of para-hydroxylation sites is 1. The number of ether oxygens (including phenoxy) is 1. The van der Waals surface area contributed by atoms with Crippen LogP contribution in [0.15, 0.2) is 78.9 Å². The highest BCUT2D eigenvalue weighted by molar-refractivity contribution is 6.68. The van der Waals surface area contributed by atoms with Crippen molar-refractivity contribution in [2.75, 3.05) is 11.9 Å². The second-order valence-electron chi connectivity index (χ2n) is 7.62. The molecule has 0 saturated carbocycles. The van der Waals surface area contributed by atoms with Crippen LogP contribution in [0.3, 0.4) is 0 Å². The van der Waals surface area contributed by atoms with Crippen molar-refractivity contribution in [1.82, 2.24) is 5.32 Å². The van der Waals surface area contributed by atoms with Gasteiger partial charge in [0.2, 0.25) is 3.79 Å². The van der Waals surface area contributed by atoms with Gasteiger partial charge in [-0.3, -0.25) is 4.79 Å². The second-order valence-corrected chi connectivity index (χ2v) is 9.98. The maximum Gasteiger partial charge on any atom is 0.252 e. The molecule has 0 heterocycles. The summed E-state index contributed by atoms with van der Waals surface area (Å²) < 4.78 is 4.02. The molecule has 4 nitrogen and oxygen atoms in total. The van der Waals surface area contributed by atoms with E-state index >= 15 is 0 Å². The lowest BCUT2D eigenvalue weighted by Crippen LogP contribution is -2.49. The van der Waals surface area contributed by atoms with Crippen LogP contribution >= 0.6 is 34.8 Å². The Labute approximate surface area is 210 Å². The van der Waals surface area contributed by atoms with E-state index in [1.54, 1.807) is 12.1 Å². The van der Waals surface area contributed by atoms with Gasteiger partial charge in [-0.25, -0.2) is 0 Å². The van der Waals surface area contributed by atoms with Crippen LogP contribution < -0.4 is 15.4 Å². The van der Waals surface area contributed by atoms with Gasteiger partial charge in [0.1, 0.15) is 11.9 Å². The average molecular weight is 506 g/mol. The molecule has 0 bridgehead atoms. The van der Waals surface area contributed by atoms with Crippen molar-refractivity contribution in [3.8, 4) is 16.9 Å². The fourth-order valence-electron chi connectivity index (χ4n) is 3.21. The zero-order valence-corrected chi connectivity index (χ0v) is 20.6. The summed E-state index contributed by atoms with van der Waals surface area (Å²) in [6.07, 6.45) is 2.48. The zero-order chi connectivity index (χ0) is 23.7. The number of amides is 1. The molecule has 0 aliphatic carbocycles. The Balaban J connectivity index is 1.63. The van der Waals surface area contributed by atoms with Gasteiger partial charge in [0, 0.05) is 11.3 Å². The van der Waals surface area contributed by atoms with Crippen molar-refractivity contribution >= 4 is 46.4 Å². The van der Waals surface area contributed by atoms with Crippen LogP contribution in [0.1, 0.15) is 36.5 Å². The van der Waals surface area contributed by atoms with Gasteiger partial charge in [0.15, 0.2) is 0 Å². The normalized spacial score (nSPS) is 12.1. The number of carbonyl (C=O) groups is 1. The molecule has 0 unspecified atom stereocenters. The first-order valence-electron chi connectivity index (χ1n) is 10.9. The van der Waals surface area contributed by atoms with E-state index in [1.165, 1.54) is 12.8 Å². The highest BCUT2D eigenvalue weighted by Crippen LogP contribution is 2.31. The highest BCUT2D eigenvalue weighted by Gasteiger charge is 2.34. The molecule has 0 saturated heterocycles. The van der Waals surface area contributed by atoms with Crippen molar-refractivity contribution in [1.29, 1.82) is 0 Å². The Kier molecular flexibility index (Phi) is 9.30. The van der Waals surface area contributed by atoms with Crippen LogP contribution in [0.5, 0.6) is 5.75 Å². The largest absolute Gasteiger partial charge is 0.494 e. The van der Waals surface area contributed by atoms with Gasteiger partial charge in [0.05, 0.1) is 6.61 Å². The van der Waals surface area contributed by atoms with Crippen molar-refractivity contribution in [3.63, 3.8) is 0 Å². The van der Waals surface area contributed by atoms with E-state index in [0.717, 1.165) is 35.6 Å². The van der Waals surface area contributed by atoms with Crippen molar-refractivity contribution in [2.45, 2.75) is 36.1 Å². The smallest absolute Gasteiger partial charge is 0.252 e. The molecule has 3 aromatic rings. The van der Waals surface area contributed by atoms with Gasteiger partial charge in [-0.05, 0) is 53.9 Å². The van der Waals surface area contributed by atoms with Crippen LogP contribution in [0, 0.1) is 0 Å². The first-order valence-corrected chi connectivity index (χ1v) is 12.0. The SMILES string of the molecule is CCCCCOc1ccc(-c2ccc(C(=O)N[C@@H](Nc3ccccc3)C(Cl)(Cl)Cl)cc2)cc1. The summed E-state index contributed by atoms with van der Waals surface area (Å²) in [6.45, 7) is 2.90. The molecule has 0 aliphatic heterocycles. The standard InChI is InChI=1S/C26H27Cl3N2O2/c1-2-3-7-18-33-23-16-14-20(15-17-23)19-10-12-21(13-11-19)24(32)31-25(26(27,28)29)30-22-8-5-4-6-9-22/h4-6,8-17,25,30H,2-3,7,18H2,1H3,(H,31,32)/t25-/m1/s1. The first-order chi connectivity index (χ1) is 15.9. The molecule has 3 aromatic carbocycles. The number of hydrogen-bond donors (Lipinski definition) is 2. The van der Waals surface area contributed by atoms with E-state index in [2.05, 4.69) is 17.6 Å². The number of nitrogens with one attached hydrogen (secondary N) is 2. The van der Waals surface area contributed by atoms with Gasteiger partial charge < -0.3 is 15.4 Å². The Morgan fingerprint density at radius 3 is 2.06 bits per heavy atom. The fourth-order valence-corrected chi connectivity index (χ4v) is 3.54. The quantitative estimate of drug-likeness (QED) is 0.171. The minimum atomic E-state index is -1.74. The molecule has 0 aliphatic rings.